The van der Waals surface area contributed by atoms with E-state index in [9.17, 15) is 4.79 Å². The molecule has 0 radical (unpaired) electrons. The molecule has 0 fully saturated rings. The first kappa shape index (κ1) is 13.6. The number of nitrogen functional groups attached to an aromatic ring is 1. The van der Waals surface area contributed by atoms with E-state index in [4.69, 9.17) is 15.9 Å². The summed E-state index contributed by atoms with van der Waals surface area (Å²) in [6.07, 6.45) is 0. The van der Waals surface area contributed by atoms with Crippen LogP contribution in [0, 0.1) is 5.41 Å². The van der Waals surface area contributed by atoms with E-state index in [0.717, 1.165) is 5.69 Å². The van der Waals surface area contributed by atoms with E-state index in [1.54, 1.807) is 48.5 Å². The quantitative estimate of drug-likeness (QED) is 0.589. The number of amides is 1. The van der Waals surface area contributed by atoms with Crippen molar-refractivity contribution in [1.29, 1.82) is 5.41 Å². The van der Waals surface area contributed by atoms with Crippen LogP contribution in [0.2, 0.25) is 0 Å². The van der Waals surface area contributed by atoms with Crippen molar-refractivity contribution < 1.29 is 9.53 Å². The van der Waals surface area contributed by atoms with Crippen LogP contribution in [0.25, 0.3) is 0 Å². The van der Waals surface area contributed by atoms with Crippen LogP contribution in [0.1, 0.15) is 12.5 Å². The molecule has 5 heteroatoms. The van der Waals surface area contributed by atoms with E-state index < -0.39 is 0 Å². The van der Waals surface area contributed by atoms with Gasteiger partial charge in [0.25, 0.3) is 0 Å². The second-order valence-corrected chi connectivity index (χ2v) is 4.25. The summed E-state index contributed by atoms with van der Waals surface area (Å²) in [5.41, 5.74) is 6.75. The highest BCUT2D eigenvalue weighted by Gasteiger charge is 2.01. The highest BCUT2D eigenvalue weighted by molar-refractivity contribution is 5.95. The van der Waals surface area contributed by atoms with Crippen molar-refractivity contribution in [1.82, 2.24) is 0 Å². The lowest BCUT2D eigenvalue weighted by Crippen LogP contribution is -2.10. The largest absolute Gasteiger partial charge is 0.457 e. The third-order valence-electron chi connectivity index (χ3n) is 2.58. The summed E-state index contributed by atoms with van der Waals surface area (Å²) in [7, 11) is 0. The molecule has 102 valence electrons. The maximum atomic E-state index is 10.9. The Kier molecular flexibility index (Phi) is 4.00. The zero-order chi connectivity index (χ0) is 14.5. The van der Waals surface area contributed by atoms with Crippen LogP contribution < -0.4 is 15.8 Å². The molecule has 0 saturated heterocycles. The monoisotopic (exact) mass is 269 g/mol. The van der Waals surface area contributed by atoms with Gasteiger partial charge in [0.05, 0.1) is 0 Å². The molecular formula is C15H15N3O2. The number of benzene rings is 2. The molecule has 4 N–H and O–H groups in total. The molecule has 0 unspecified atom stereocenters. The lowest BCUT2D eigenvalue weighted by atomic mass is 10.2. The standard InChI is InChI=1S/C15H15N3O2/c1-10(19)18-12-4-8-14(9-5-12)20-13-6-2-11(3-7-13)15(16)17/h2-9H,1H3,(H3,16,17)(H,18,19). The second-order valence-electron chi connectivity index (χ2n) is 4.25. The van der Waals surface area contributed by atoms with E-state index in [0.29, 0.717) is 17.1 Å². The first-order valence-electron chi connectivity index (χ1n) is 6.04. The molecule has 2 aromatic rings. The van der Waals surface area contributed by atoms with Crippen molar-refractivity contribution in [2.24, 2.45) is 5.73 Å². The summed E-state index contributed by atoms with van der Waals surface area (Å²) in [6.45, 7) is 1.46. The van der Waals surface area contributed by atoms with Gasteiger partial charge in [-0.2, -0.15) is 0 Å². The summed E-state index contributed by atoms with van der Waals surface area (Å²) in [6, 6.07) is 14.0. The fourth-order valence-corrected chi connectivity index (χ4v) is 1.65. The zero-order valence-corrected chi connectivity index (χ0v) is 11.0. The van der Waals surface area contributed by atoms with Crippen LogP contribution in [0.5, 0.6) is 11.5 Å². The molecule has 1 amide bonds. The Morgan fingerprint density at radius 1 is 1.05 bits per heavy atom. The Labute approximate surface area is 116 Å². The van der Waals surface area contributed by atoms with Gasteiger partial charge < -0.3 is 15.8 Å². The Balaban J connectivity index is 2.06. The van der Waals surface area contributed by atoms with Crippen molar-refractivity contribution in [3.05, 3.63) is 54.1 Å². The number of carbonyl (C=O) groups is 1. The van der Waals surface area contributed by atoms with E-state index in [2.05, 4.69) is 5.32 Å². The van der Waals surface area contributed by atoms with Crippen LogP contribution in [0.3, 0.4) is 0 Å². The zero-order valence-electron chi connectivity index (χ0n) is 11.0. The number of hydrogen-bond donors (Lipinski definition) is 3. The summed E-state index contributed by atoms with van der Waals surface area (Å²) >= 11 is 0. The molecule has 0 aliphatic carbocycles. The molecule has 0 aliphatic heterocycles. The molecule has 2 aromatic carbocycles. The van der Waals surface area contributed by atoms with Gasteiger partial charge in [-0.15, -0.1) is 0 Å². The Hall–Kier alpha value is -2.82. The number of anilines is 1. The van der Waals surface area contributed by atoms with Gasteiger partial charge in [-0.3, -0.25) is 10.2 Å². The van der Waals surface area contributed by atoms with Gasteiger partial charge in [0, 0.05) is 18.2 Å². The number of rotatable bonds is 4. The van der Waals surface area contributed by atoms with Crippen LogP contribution in [0.15, 0.2) is 48.5 Å². The molecule has 5 nitrogen and oxygen atoms in total. The Morgan fingerprint density at radius 3 is 2.00 bits per heavy atom. The van der Waals surface area contributed by atoms with Crippen molar-refractivity contribution in [2.45, 2.75) is 6.92 Å². The third kappa shape index (κ3) is 3.58. The van der Waals surface area contributed by atoms with Crippen LogP contribution in [-0.2, 0) is 4.79 Å². The highest BCUT2D eigenvalue weighted by atomic mass is 16.5. The van der Waals surface area contributed by atoms with Gasteiger partial charge in [-0.25, -0.2) is 0 Å². The molecule has 0 atom stereocenters. The van der Waals surface area contributed by atoms with Crippen LogP contribution in [-0.4, -0.2) is 11.7 Å². The predicted octanol–water partition coefficient (Wildman–Crippen LogP) is 2.72. The number of nitrogens with two attached hydrogens (primary N) is 1. The van der Waals surface area contributed by atoms with E-state index in [-0.39, 0.29) is 11.7 Å². The molecule has 0 bridgehead atoms. The van der Waals surface area contributed by atoms with Gasteiger partial charge in [0.2, 0.25) is 5.91 Å². The number of ether oxygens (including phenoxy) is 1. The molecular weight excluding hydrogens is 254 g/mol. The van der Waals surface area contributed by atoms with Crippen molar-refractivity contribution in [3.8, 4) is 11.5 Å². The SMILES string of the molecule is CC(=O)Nc1ccc(Oc2ccc(C(=N)N)cc2)cc1. The highest BCUT2D eigenvalue weighted by Crippen LogP contribution is 2.23. The number of amidine groups is 1. The molecule has 20 heavy (non-hydrogen) atoms. The van der Waals surface area contributed by atoms with Crippen LogP contribution >= 0.6 is 0 Å². The minimum atomic E-state index is -0.113. The third-order valence-corrected chi connectivity index (χ3v) is 2.58. The Morgan fingerprint density at radius 2 is 1.55 bits per heavy atom. The lowest BCUT2D eigenvalue weighted by molar-refractivity contribution is -0.114. The summed E-state index contributed by atoms with van der Waals surface area (Å²) in [5, 5.41) is 9.99. The van der Waals surface area contributed by atoms with Crippen molar-refractivity contribution in [3.63, 3.8) is 0 Å². The maximum absolute atomic E-state index is 10.9. The van der Waals surface area contributed by atoms with Gasteiger partial charge in [0.15, 0.2) is 0 Å². The average Bonchev–Trinajstić information content (AvgIpc) is 2.41. The number of carbonyl (C=O) groups excluding carboxylic acids is 1. The van der Waals surface area contributed by atoms with Gasteiger partial charge >= 0.3 is 0 Å². The fourth-order valence-electron chi connectivity index (χ4n) is 1.65. The van der Waals surface area contributed by atoms with E-state index >= 15 is 0 Å². The fraction of sp³-hybridized carbons (Fsp3) is 0.0667. The first-order chi connectivity index (χ1) is 9.54. The predicted molar refractivity (Wildman–Crippen MR) is 78.3 cm³/mol. The van der Waals surface area contributed by atoms with Crippen molar-refractivity contribution in [2.75, 3.05) is 5.32 Å². The van der Waals surface area contributed by atoms with Gasteiger partial charge in [-0.05, 0) is 48.5 Å². The topological polar surface area (TPSA) is 88.2 Å². The van der Waals surface area contributed by atoms with Crippen LogP contribution in [0.4, 0.5) is 5.69 Å². The normalized spacial score (nSPS) is 9.85. The molecule has 0 saturated carbocycles. The molecule has 0 heterocycles. The van der Waals surface area contributed by atoms with Gasteiger partial charge in [0.1, 0.15) is 17.3 Å². The number of hydrogen-bond acceptors (Lipinski definition) is 3. The minimum Gasteiger partial charge on any atom is -0.457 e. The smallest absolute Gasteiger partial charge is 0.221 e. The summed E-state index contributed by atoms with van der Waals surface area (Å²) in [4.78, 5) is 10.9. The second kappa shape index (κ2) is 5.88. The summed E-state index contributed by atoms with van der Waals surface area (Å²) < 4.78 is 5.65. The first-order valence-corrected chi connectivity index (χ1v) is 6.04. The minimum absolute atomic E-state index is 0.0243. The molecule has 0 aliphatic rings. The Bertz CT molecular complexity index is 619. The van der Waals surface area contributed by atoms with E-state index in [1.807, 2.05) is 0 Å². The van der Waals surface area contributed by atoms with Gasteiger partial charge in [-0.1, -0.05) is 0 Å². The molecule has 0 aromatic heterocycles. The number of nitrogens with one attached hydrogen (secondary N) is 2. The van der Waals surface area contributed by atoms with E-state index in [1.165, 1.54) is 6.92 Å². The van der Waals surface area contributed by atoms with Crippen molar-refractivity contribution >= 4 is 17.4 Å². The molecule has 2 rings (SSSR count). The molecule has 0 spiro atoms. The maximum Gasteiger partial charge on any atom is 0.221 e. The lowest BCUT2D eigenvalue weighted by Gasteiger charge is -2.07. The summed E-state index contributed by atoms with van der Waals surface area (Å²) in [5.74, 6) is 1.23. The average molecular weight is 269 g/mol.